The van der Waals surface area contributed by atoms with Crippen LogP contribution in [-0.2, 0) is 11.3 Å². The number of aryl methyl sites for hydroxylation is 1. The Balaban J connectivity index is 2.05. The maximum atomic E-state index is 12.3. The molecule has 1 amide bonds. The first kappa shape index (κ1) is 18.4. The molecule has 0 heterocycles. The Hall–Kier alpha value is -2.97. The SMILES string of the molecule is COc1ccccc1CN/C=C(/C#N)C(=O)Nc1cc(Cl)ccc1C. The van der Waals surface area contributed by atoms with Crippen molar-refractivity contribution in [3.8, 4) is 11.8 Å². The summed E-state index contributed by atoms with van der Waals surface area (Å²) in [6, 6.07) is 14.6. The molecule has 0 spiro atoms. The molecule has 128 valence electrons. The molecule has 0 aliphatic carbocycles. The standard InChI is InChI=1S/C19H18ClN3O2/c1-13-7-8-16(20)9-17(13)23-19(24)15(10-21)12-22-11-14-5-3-4-6-18(14)25-2/h3-9,12,22H,11H2,1-2H3,(H,23,24)/b15-12-. The summed E-state index contributed by atoms with van der Waals surface area (Å²) in [5, 5.41) is 15.4. The lowest BCUT2D eigenvalue weighted by molar-refractivity contribution is -0.112. The number of ether oxygens (including phenoxy) is 1. The molecule has 0 aliphatic heterocycles. The summed E-state index contributed by atoms with van der Waals surface area (Å²) in [4.78, 5) is 12.3. The van der Waals surface area contributed by atoms with E-state index in [2.05, 4.69) is 10.6 Å². The van der Waals surface area contributed by atoms with Crippen LogP contribution in [0.25, 0.3) is 0 Å². The zero-order valence-electron chi connectivity index (χ0n) is 14.0. The van der Waals surface area contributed by atoms with Gasteiger partial charge in [0.2, 0.25) is 0 Å². The summed E-state index contributed by atoms with van der Waals surface area (Å²) in [6.07, 6.45) is 1.39. The minimum absolute atomic E-state index is 0.0331. The smallest absolute Gasteiger partial charge is 0.267 e. The number of nitrogens with one attached hydrogen (secondary N) is 2. The fourth-order valence-corrected chi connectivity index (χ4v) is 2.35. The molecule has 5 nitrogen and oxygen atoms in total. The van der Waals surface area contributed by atoms with E-state index >= 15 is 0 Å². The normalized spacial score (nSPS) is 10.7. The summed E-state index contributed by atoms with van der Waals surface area (Å²) in [5.74, 6) is 0.237. The lowest BCUT2D eigenvalue weighted by Crippen LogP contribution is -2.17. The van der Waals surface area contributed by atoms with Crippen molar-refractivity contribution in [3.63, 3.8) is 0 Å². The van der Waals surface area contributed by atoms with Crippen molar-refractivity contribution in [2.45, 2.75) is 13.5 Å². The second kappa shape index (κ2) is 8.76. The average molecular weight is 356 g/mol. The number of benzene rings is 2. The first-order valence-corrected chi connectivity index (χ1v) is 7.96. The van der Waals surface area contributed by atoms with Crippen LogP contribution in [0.3, 0.4) is 0 Å². The van der Waals surface area contributed by atoms with Crippen LogP contribution in [0.1, 0.15) is 11.1 Å². The van der Waals surface area contributed by atoms with Crippen LogP contribution in [0.15, 0.2) is 54.2 Å². The Kier molecular flexibility index (Phi) is 6.44. The van der Waals surface area contributed by atoms with Crippen LogP contribution in [0.2, 0.25) is 5.02 Å². The van der Waals surface area contributed by atoms with Crippen molar-refractivity contribution in [1.29, 1.82) is 5.26 Å². The molecule has 25 heavy (non-hydrogen) atoms. The highest BCUT2D eigenvalue weighted by molar-refractivity contribution is 6.31. The summed E-state index contributed by atoms with van der Waals surface area (Å²) >= 11 is 5.94. The van der Waals surface area contributed by atoms with E-state index in [9.17, 15) is 10.1 Å². The highest BCUT2D eigenvalue weighted by atomic mass is 35.5. The topological polar surface area (TPSA) is 74.1 Å². The lowest BCUT2D eigenvalue weighted by Gasteiger charge is -2.09. The number of methoxy groups -OCH3 is 1. The third-order valence-corrected chi connectivity index (χ3v) is 3.78. The summed E-state index contributed by atoms with van der Waals surface area (Å²) in [6.45, 7) is 2.28. The first-order valence-electron chi connectivity index (χ1n) is 7.58. The van der Waals surface area contributed by atoms with E-state index in [1.165, 1.54) is 6.20 Å². The number of hydrogen-bond acceptors (Lipinski definition) is 4. The number of anilines is 1. The van der Waals surface area contributed by atoms with E-state index in [4.69, 9.17) is 16.3 Å². The van der Waals surface area contributed by atoms with Crippen LogP contribution >= 0.6 is 11.6 Å². The summed E-state index contributed by atoms with van der Waals surface area (Å²) < 4.78 is 5.26. The van der Waals surface area contributed by atoms with E-state index in [1.807, 2.05) is 37.3 Å². The van der Waals surface area contributed by atoms with Gasteiger partial charge in [0, 0.05) is 29.0 Å². The van der Waals surface area contributed by atoms with E-state index in [-0.39, 0.29) is 5.57 Å². The van der Waals surface area contributed by atoms with Crippen LogP contribution in [-0.4, -0.2) is 13.0 Å². The quantitative estimate of drug-likeness (QED) is 0.610. The molecule has 0 atom stereocenters. The molecular weight excluding hydrogens is 338 g/mol. The van der Waals surface area contributed by atoms with Crippen molar-refractivity contribution in [2.24, 2.45) is 0 Å². The summed E-state index contributed by atoms with van der Waals surface area (Å²) in [7, 11) is 1.59. The highest BCUT2D eigenvalue weighted by Gasteiger charge is 2.11. The Morgan fingerprint density at radius 2 is 2.08 bits per heavy atom. The van der Waals surface area contributed by atoms with Gasteiger partial charge in [-0.3, -0.25) is 4.79 Å². The number of hydrogen-bond donors (Lipinski definition) is 2. The van der Waals surface area contributed by atoms with Crippen LogP contribution in [0, 0.1) is 18.3 Å². The molecular formula is C19H18ClN3O2. The summed E-state index contributed by atoms with van der Waals surface area (Å²) in [5.41, 5.74) is 2.32. The van der Waals surface area contributed by atoms with Gasteiger partial charge < -0.3 is 15.4 Å². The zero-order chi connectivity index (χ0) is 18.2. The first-order chi connectivity index (χ1) is 12.0. The van der Waals surface area contributed by atoms with E-state index in [1.54, 1.807) is 25.3 Å². The predicted molar refractivity (Wildman–Crippen MR) is 98.3 cm³/mol. The fourth-order valence-electron chi connectivity index (χ4n) is 2.18. The Bertz CT molecular complexity index is 841. The molecule has 2 N–H and O–H groups in total. The number of amides is 1. The second-order valence-electron chi connectivity index (χ2n) is 5.28. The van der Waals surface area contributed by atoms with Crippen molar-refractivity contribution >= 4 is 23.2 Å². The zero-order valence-corrected chi connectivity index (χ0v) is 14.7. The molecule has 2 aromatic carbocycles. The Morgan fingerprint density at radius 1 is 1.32 bits per heavy atom. The van der Waals surface area contributed by atoms with Gasteiger partial charge in [0.05, 0.1) is 7.11 Å². The molecule has 0 saturated heterocycles. The molecule has 2 rings (SSSR count). The monoisotopic (exact) mass is 355 g/mol. The third kappa shape index (κ3) is 5.00. The third-order valence-electron chi connectivity index (χ3n) is 3.54. The largest absolute Gasteiger partial charge is 0.496 e. The molecule has 0 saturated carbocycles. The number of rotatable bonds is 6. The minimum Gasteiger partial charge on any atom is -0.496 e. The van der Waals surface area contributed by atoms with Gasteiger partial charge >= 0.3 is 0 Å². The molecule has 0 unspecified atom stereocenters. The molecule has 2 aromatic rings. The van der Waals surface area contributed by atoms with Crippen molar-refractivity contribution in [1.82, 2.24) is 5.32 Å². The van der Waals surface area contributed by atoms with Gasteiger partial charge in [0.1, 0.15) is 17.4 Å². The number of nitriles is 1. The highest BCUT2D eigenvalue weighted by Crippen LogP contribution is 2.21. The molecule has 6 heteroatoms. The van der Waals surface area contributed by atoms with E-state index < -0.39 is 5.91 Å². The van der Waals surface area contributed by atoms with Gasteiger partial charge in [-0.05, 0) is 30.7 Å². The number of carbonyl (C=O) groups is 1. The van der Waals surface area contributed by atoms with Gasteiger partial charge in [0.25, 0.3) is 5.91 Å². The molecule has 0 aliphatic rings. The van der Waals surface area contributed by atoms with E-state index in [0.717, 1.165) is 16.9 Å². The molecule has 0 fully saturated rings. The number of para-hydroxylation sites is 1. The van der Waals surface area contributed by atoms with Crippen LogP contribution < -0.4 is 15.4 Å². The number of carbonyl (C=O) groups excluding carboxylic acids is 1. The Morgan fingerprint density at radius 3 is 2.80 bits per heavy atom. The number of halogens is 1. The van der Waals surface area contributed by atoms with Gasteiger partial charge in [-0.2, -0.15) is 5.26 Å². The van der Waals surface area contributed by atoms with Crippen molar-refractivity contribution in [2.75, 3.05) is 12.4 Å². The Labute approximate surface area is 151 Å². The van der Waals surface area contributed by atoms with Gasteiger partial charge in [-0.25, -0.2) is 0 Å². The van der Waals surface area contributed by atoms with Gasteiger partial charge in [-0.15, -0.1) is 0 Å². The molecule has 0 radical (unpaired) electrons. The van der Waals surface area contributed by atoms with Gasteiger partial charge in [-0.1, -0.05) is 35.9 Å². The lowest BCUT2D eigenvalue weighted by atomic mass is 10.2. The van der Waals surface area contributed by atoms with Crippen molar-refractivity contribution < 1.29 is 9.53 Å². The minimum atomic E-state index is -0.500. The predicted octanol–water partition coefficient (Wildman–Crippen LogP) is 3.79. The maximum absolute atomic E-state index is 12.3. The van der Waals surface area contributed by atoms with E-state index in [0.29, 0.717) is 17.3 Å². The fraction of sp³-hybridized carbons (Fsp3) is 0.158. The number of nitrogens with zero attached hydrogens (tertiary/aromatic N) is 1. The van der Waals surface area contributed by atoms with Crippen molar-refractivity contribution in [3.05, 3.63) is 70.4 Å². The maximum Gasteiger partial charge on any atom is 0.267 e. The van der Waals surface area contributed by atoms with Crippen LogP contribution in [0.5, 0.6) is 5.75 Å². The molecule has 0 aromatic heterocycles. The molecule has 0 bridgehead atoms. The second-order valence-corrected chi connectivity index (χ2v) is 5.71. The van der Waals surface area contributed by atoms with Crippen LogP contribution in [0.4, 0.5) is 5.69 Å². The van der Waals surface area contributed by atoms with Gasteiger partial charge in [0.15, 0.2) is 0 Å². The average Bonchev–Trinajstić information content (AvgIpc) is 2.62.